The topological polar surface area (TPSA) is 41.1 Å². The minimum Gasteiger partial charge on any atom is -0.359 e. The van der Waals surface area contributed by atoms with E-state index in [4.69, 9.17) is 0 Å². The lowest BCUT2D eigenvalue weighted by molar-refractivity contribution is -0.120. The monoisotopic (exact) mass is 234 g/mol. The van der Waals surface area contributed by atoms with Crippen LogP contribution in [0.2, 0.25) is 0 Å². The fourth-order valence-corrected chi connectivity index (χ4v) is 1.78. The van der Waals surface area contributed by atoms with Crippen LogP contribution in [0.3, 0.4) is 0 Å². The molecule has 0 bridgehead atoms. The van der Waals surface area contributed by atoms with Crippen LogP contribution >= 0.6 is 0 Å². The van der Waals surface area contributed by atoms with Crippen molar-refractivity contribution in [2.45, 2.75) is 32.7 Å². The van der Waals surface area contributed by atoms with Crippen LogP contribution in [0.25, 0.3) is 0 Å². The van der Waals surface area contributed by atoms with Gasteiger partial charge in [0.2, 0.25) is 5.91 Å². The second kappa shape index (κ2) is 7.07. The summed E-state index contributed by atoms with van der Waals surface area (Å²) in [5.41, 5.74) is 2.56. The highest BCUT2D eigenvalue weighted by Crippen LogP contribution is 2.16. The smallest absolute Gasteiger partial charge is 0.221 e. The number of nitrogens with one attached hydrogen (secondary N) is 2. The Morgan fingerprint density at radius 2 is 1.94 bits per heavy atom. The zero-order valence-electron chi connectivity index (χ0n) is 10.9. The van der Waals surface area contributed by atoms with E-state index in [0.29, 0.717) is 19.0 Å². The van der Waals surface area contributed by atoms with Gasteiger partial charge < -0.3 is 10.6 Å². The molecule has 0 aliphatic rings. The van der Waals surface area contributed by atoms with Gasteiger partial charge in [-0.1, -0.05) is 36.8 Å². The lowest BCUT2D eigenvalue weighted by Crippen LogP contribution is -2.27. The maximum absolute atomic E-state index is 11.1. The van der Waals surface area contributed by atoms with E-state index in [2.05, 4.69) is 48.7 Å². The molecule has 2 N–H and O–H groups in total. The molecule has 0 heterocycles. The first-order chi connectivity index (χ1) is 8.17. The van der Waals surface area contributed by atoms with Crippen LogP contribution < -0.4 is 10.6 Å². The first kappa shape index (κ1) is 13.7. The molecule has 1 atom stereocenters. The molecule has 0 radical (unpaired) electrons. The number of amides is 1. The Balaban J connectivity index is 2.48. The van der Waals surface area contributed by atoms with Gasteiger partial charge in [0.15, 0.2) is 0 Å². The van der Waals surface area contributed by atoms with E-state index in [0.717, 1.165) is 6.42 Å². The number of hydrogen-bond donors (Lipinski definition) is 2. The van der Waals surface area contributed by atoms with Gasteiger partial charge in [0, 0.05) is 26.1 Å². The Labute approximate surface area is 104 Å². The van der Waals surface area contributed by atoms with Crippen LogP contribution in [-0.4, -0.2) is 19.5 Å². The van der Waals surface area contributed by atoms with Gasteiger partial charge in [-0.2, -0.15) is 0 Å². The van der Waals surface area contributed by atoms with E-state index >= 15 is 0 Å². The number of hydrogen-bond acceptors (Lipinski definition) is 2. The third-order valence-electron chi connectivity index (χ3n) is 2.91. The van der Waals surface area contributed by atoms with Crippen molar-refractivity contribution >= 4 is 5.91 Å². The molecule has 3 heteroatoms. The summed E-state index contributed by atoms with van der Waals surface area (Å²) in [5.74, 6) is 0.0799. The number of aryl methyl sites for hydroxylation is 1. The second-order valence-corrected chi connectivity index (χ2v) is 4.25. The summed E-state index contributed by atoms with van der Waals surface area (Å²) >= 11 is 0. The summed E-state index contributed by atoms with van der Waals surface area (Å²) in [4.78, 5) is 11.1. The maximum atomic E-state index is 11.1. The normalized spacial score (nSPS) is 12.2. The largest absolute Gasteiger partial charge is 0.359 e. The Morgan fingerprint density at radius 3 is 2.47 bits per heavy atom. The average Bonchev–Trinajstić information content (AvgIpc) is 2.35. The quantitative estimate of drug-likeness (QED) is 0.792. The Bertz CT molecular complexity index is 346. The summed E-state index contributed by atoms with van der Waals surface area (Å²) in [6.45, 7) is 4.95. The van der Waals surface area contributed by atoms with Crippen LogP contribution in [0.5, 0.6) is 0 Å². The summed E-state index contributed by atoms with van der Waals surface area (Å²) < 4.78 is 0. The molecule has 3 nitrogen and oxygen atoms in total. The van der Waals surface area contributed by atoms with Crippen LogP contribution in [0.1, 0.15) is 36.9 Å². The lowest BCUT2D eigenvalue weighted by atomic mass is 10.0. The third kappa shape index (κ3) is 4.57. The minimum absolute atomic E-state index is 0.0799. The van der Waals surface area contributed by atoms with Crippen molar-refractivity contribution in [2.24, 2.45) is 0 Å². The molecule has 0 spiro atoms. The highest BCUT2D eigenvalue weighted by atomic mass is 16.1. The fourth-order valence-electron chi connectivity index (χ4n) is 1.78. The highest BCUT2D eigenvalue weighted by molar-refractivity contribution is 5.75. The molecule has 1 unspecified atom stereocenters. The number of carbonyl (C=O) groups excluding carboxylic acids is 1. The van der Waals surface area contributed by atoms with Crippen molar-refractivity contribution in [2.75, 3.05) is 13.6 Å². The van der Waals surface area contributed by atoms with E-state index in [-0.39, 0.29) is 5.91 Å². The summed E-state index contributed by atoms with van der Waals surface area (Å²) in [5, 5.41) is 6.03. The van der Waals surface area contributed by atoms with E-state index in [1.54, 1.807) is 7.05 Å². The summed E-state index contributed by atoms with van der Waals surface area (Å²) in [6, 6.07) is 8.88. The van der Waals surface area contributed by atoms with Gasteiger partial charge in [-0.05, 0) is 18.9 Å². The lowest BCUT2D eigenvalue weighted by Gasteiger charge is -2.17. The van der Waals surface area contributed by atoms with Crippen molar-refractivity contribution in [1.82, 2.24) is 10.6 Å². The molecule has 17 heavy (non-hydrogen) atoms. The highest BCUT2D eigenvalue weighted by Gasteiger charge is 2.08. The fraction of sp³-hybridized carbons (Fsp3) is 0.500. The first-order valence-corrected chi connectivity index (χ1v) is 6.18. The molecular weight excluding hydrogens is 212 g/mol. The van der Waals surface area contributed by atoms with Gasteiger partial charge in [-0.25, -0.2) is 0 Å². The SMILES string of the molecule is CCC(NCCC(=O)NC)c1ccc(C)cc1. The molecule has 0 saturated carbocycles. The second-order valence-electron chi connectivity index (χ2n) is 4.25. The summed E-state index contributed by atoms with van der Waals surface area (Å²) in [6.07, 6.45) is 1.55. The van der Waals surface area contributed by atoms with E-state index in [9.17, 15) is 4.79 Å². The first-order valence-electron chi connectivity index (χ1n) is 6.18. The molecule has 94 valence electrons. The van der Waals surface area contributed by atoms with Crippen molar-refractivity contribution in [3.8, 4) is 0 Å². The van der Waals surface area contributed by atoms with E-state index in [1.165, 1.54) is 11.1 Å². The van der Waals surface area contributed by atoms with Gasteiger partial charge in [0.25, 0.3) is 0 Å². The number of carbonyl (C=O) groups is 1. The number of benzene rings is 1. The molecule has 1 aromatic carbocycles. The third-order valence-corrected chi connectivity index (χ3v) is 2.91. The van der Waals surface area contributed by atoms with Crippen LogP contribution in [0.4, 0.5) is 0 Å². The van der Waals surface area contributed by atoms with Crippen LogP contribution in [-0.2, 0) is 4.79 Å². The maximum Gasteiger partial charge on any atom is 0.221 e. The molecule has 0 saturated heterocycles. The molecule has 1 amide bonds. The number of rotatable bonds is 6. The van der Waals surface area contributed by atoms with Crippen molar-refractivity contribution < 1.29 is 4.79 Å². The standard InChI is InChI=1S/C14H22N2O/c1-4-13(16-10-9-14(17)15-3)12-7-5-11(2)6-8-12/h5-8,13,16H,4,9-10H2,1-3H3,(H,15,17). The van der Waals surface area contributed by atoms with Gasteiger partial charge in [-0.15, -0.1) is 0 Å². The van der Waals surface area contributed by atoms with Gasteiger partial charge in [-0.3, -0.25) is 4.79 Å². The van der Waals surface area contributed by atoms with E-state index in [1.807, 2.05) is 0 Å². The summed E-state index contributed by atoms with van der Waals surface area (Å²) in [7, 11) is 1.67. The van der Waals surface area contributed by atoms with Crippen LogP contribution in [0.15, 0.2) is 24.3 Å². The molecule has 0 aliphatic carbocycles. The van der Waals surface area contributed by atoms with Gasteiger partial charge >= 0.3 is 0 Å². The minimum atomic E-state index is 0.0799. The Morgan fingerprint density at radius 1 is 1.29 bits per heavy atom. The van der Waals surface area contributed by atoms with Crippen molar-refractivity contribution in [1.29, 1.82) is 0 Å². The Kier molecular flexibility index (Phi) is 5.70. The molecule has 0 fully saturated rings. The Hall–Kier alpha value is -1.35. The van der Waals surface area contributed by atoms with Gasteiger partial charge in [0.05, 0.1) is 0 Å². The molecule has 1 rings (SSSR count). The van der Waals surface area contributed by atoms with Gasteiger partial charge in [0.1, 0.15) is 0 Å². The zero-order valence-corrected chi connectivity index (χ0v) is 10.9. The van der Waals surface area contributed by atoms with E-state index < -0.39 is 0 Å². The zero-order chi connectivity index (χ0) is 12.7. The van der Waals surface area contributed by atoms with Crippen LogP contribution in [0, 0.1) is 6.92 Å². The predicted octanol–water partition coefficient (Wildman–Crippen LogP) is 2.17. The van der Waals surface area contributed by atoms with Crippen molar-refractivity contribution in [3.63, 3.8) is 0 Å². The van der Waals surface area contributed by atoms with Crippen molar-refractivity contribution in [3.05, 3.63) is 35.4 Å². The molecule has 0 aliphatic heterocycles. The average molecular weight is 234 g/mol. The molecular formula is C14H22N2O. The molecule has 1 aromatic rings. The molecule has 0 aromatic heterocycles. The predicted molar refractivity (Wildman–Crippen MR) is 70.9 cm³/mol.